The molecule has 0 fully saturated rings. The number of fused-ring (bicyclic) bond motifs is 1. The molecule has 1 aliphatic heterocycles. The van der Waals surface area contributed by atoms with Crippen molar-refractivity contribution in [1.82, 2.24) is 15.1 Å². The molecular weight excluding hydrogens is 428 g/mol. The molecule has 1 unspecified atom stereocenters. The van der Waals surface area contributed by atoms with Gasteiger partial charge in [-0.2, -0.15) is 18.3 Å². The maximum absolute atomic E-state index is 14.1. The van der Waals surface area contributed by atoms with Crippen molar-refractivity contribution < 1.29 is 27.2 Å². The predicted octanol–water partition coefficient (Wildman–Crippen LogP) is 4.41. The number of anilines is 1. The predicted molar refractivity (Wildman–Crippen MR) is 108 cm³/mol. The van der Waals surface area contributed by atoms with Crippen LogP contribution >= 0.6 is 0 Å². The highest BCUT2D eigenvalue weighted by atomic mass is 19.4. The molecular formula is C22H18F4N4O2. The molecule has 1 aliphatic rings. The molecule has 2 aromatic carbocycles. The molecule has 0 aliphatic carbocycles. The molecule has 0 saturated heterocycles. The minimum Gasteiger partial charge on any atom is -0.345 e. The number of aryl methyl sites for hydroxylation is 1. The second-order valence-electron chi connectivity index (χ2n) is 7.43. The van der Waals surface area contributed by atoms with E-state index in [1.165, 1.54) is 12.1 Å². The Bertz CT molecular complexity index is 1200. The third-order valence-electron chi connectivity index (χ3n) is 5.24. The molecule has 32 heavy (non-hydrogen) atoms. The lowest BCUT2D eigenvalue weighted by atomic mass is 9.97. The van der Waals surface area contributed by atoms with Crippen LogP contribution in [-0.4, -0.2) is 21.6 Å². The molecule has 6 nitrogen and oxygen atoms in total. The van der Waals surface area contributed by atoms with Gasteiger partial charge in [0.25, 0.3) is 5.91 Å². The fourth-order valence-electron chi connectivity index (χ4n) is 3.62. The lowest BCUT2D eigenvalue weighted by Gasteiger charge is -2.20. The molecule has 0 radical (unpaired) electrons. The van der Waals surface area contributed by atoms with Crippen LogP contribution in [0.4, 0.5) is 23.2 Å². The third kappa shape index (κ3) is 4.08. The van der Waals surface area contributed by atoms with Gasteiger partial charge in [0.1, 0.15) is 11.5 Å². The zero-order valence-corrected chi connectivity index (χ0v) is 16.8. The lowest BCUT2D eigenvalue weighted by Crippen LogP contribution is -2.29. The van der Waals surface area contributed by atoms with Gasteiger partial charge in [-0.3, -0.25) is 9.59 Å². The van der Waals surface area contributed by atoms with E-state index in [1.807, 2.05) is 0 Å². The van der Waals surface area contributed by atoms with Gasteiger partial charge in [-0.05, 0) is 42.7 Å². The largest absolute Gasteiger partial charge is 0.434 e. The first kappa shape index (κ1) is 21.5. The van der Waals surface area contributed by atoms with Crippen LogP contribution in [0.25, 0.3) is 5.69 Å². The molecule has 4 rings (SSSR count). The number of nitrogens with one attached hydrogen (secondary N) is 2. The molecule has 3 aromatic rings. The van der Waals surface area contributed by atoms with E-state index in [9.17, 15) is 27.2 Å². The number of aromatic nitrogens is 2. The van der Waals surface area contributed by atoms with Crippen LogP contribution in [0.2, 0.25) is 0 Å². The second-order valence-corrected chi connectivity index (χ2v) is 7.43. The van der Waals surface area contributed by atoms with E-state index in [-0.39, 0.29) is 5.91 Å². The Morgan fingerprint density at radius 1 is 1.19 bits per heavy atom. The van der Waals surface area contributed by atoms with Crippen LogP contribution < -0.4 is 10.6 Å². The number of hydrogen-bond acceptors (Lipinski definition) is 3. The molecule has 1 aromatic heterocycles. The topological polar surface area (TPSA) is 76.0 Å². The summed E-state index contributed by atoms with van der Waals surface area (Å²) in [5.74, 6) is -1.97. The standard InChI is InChI=1S/C22H18F4N4O2/c1-12(13-6-8-17-14(10-13)7-9-19(31)29-17)28-21(32)15-11-27-30(20(15)22(24,25)26)18-5-3-2-4-16(18)23/h2-6,8,10-12H,7,9H2,1H3,(H,28,32)(H,29,31). The molecule has 0 bridgehead atoms. The summed E-state index contributed by atoms with van der Waals surface area (Å²) in [5.41, 5.74) is -0.258. The van der Waals surface area contributed by atoms with Gasteiger partial charge < -0.3 is 10.6 Å². The van der Waals surface area contributed by atoms with Crippen molar-refractivity contribution in [3.8, 4) is 5.69 Å². The Balaban J connectivity index is 1.63. The average Bonchev–Trinajstić information content (AvgIpc) is 3.19. The van der Waals surface area contributed by atoms with E-state index in [0.717, 1.165) is 23.9 Å². The second kappa shape index (κ2) is 8.10. The zero-order valence-electron chi connectivity index (χ0n) is 16.8. The number of halogens is 4. The van der Waals surface area contributed by atoms with Gasteiger partial charge in [-0.1, -0.05) is 24.3 Å². The molecule has 2 heterocycles. The number of carbonyl (C=O) groups is 2. The first-order valence-electron chi connectivity index (χ1n) is 9.79. The van der Waals surface area contributed by atoms with Gasteiger partial charge in [0, 0.05) is 12.1 Å². The van der Waals surface area contributed by atoms with Crippen LogP contribution in [0.3, 0.4) is 0 Å². The van der Waals surface area contributed by atoms with Crippen molar-refractivity contribution in [2.75, 3.05) is 5.32 Å². The van der Waals surface area contributed by atoms with Crippen molar-refractivity contribution in [3.05, 3.63) is 76.9 Å². The van der Waals surface area contributed by atoms with Gasteiger partial charge in [-0.15, -0.1) is 0 Å². The minimum absolute atomic E-state index is 0.0850. The summed E-state index contributed by atoms with van der Waals surface area (Å²) in [4.78, 5) is 24.2. The maximum atomic E-state index is 14.1. The van der Waals surface area contributed by atoms with E-state index in [0.29, 0.717) is 28.8 Å². The Morgan fingerprint density at radius 2 is 1.94 bits per heavy atom. The van der Waals surface area contributed by atoms with E-state index in [4.69, 9.17) is 0 Å². The smallest absolute Gasteiger partial charge is 0.345 e. The highest BCUT2D eigenvalue weighted by Gasteiger charge is 2.41. The van der Waals surface area contributed by atoms with Crippen molar-refractivity contribution >= 4 is 17.5 Å². The summed E-state index contributed by atoms with van der Waals surface area (Å²) >= 11 is 0. The number of para-hydroxylation sites is 1. The molecule has 0 saturated carbocycles. The Kier molecular flexibility index (Phi) is 5.45. The fourth-order valence-corrected chi connectivity index (χ4v) is 3.62. The Morgan fingerprint density at radius 3 is 2.66 bits per heavy atom. The van der Waals surface area contributed by atoms with Gasteiger partial charge in [0.15, 0.2) is 5.69 Å². The lowest BCUT2D eigenvalue weighted by molar-refractivity contribution is -0.143. The molecule has 0 spiro atoms. The number of carbonyl (C=O) groups excluding carboxylic acids is 2. The SMILES string of the molecule is CC(NC(=O)c1cnn(-c2ccccc2F)c1C(F)(F)F)c1ccc2c(c1)CCC(=O)N2. The van der Waals surface area contributed by atoms with Gasteiger partial charge >= 0.3 is 6.18 Å². The first-order valence-corrected chi connectivity index (χ1v) is 9.79. The average molecular weight is 446 g/mol. The Labute approximate surface area is 180 Å². The van der Waals surface area contributed by atoms with E-state index in [2.05, 4.69) is 15.7 Å². The van der Waals surface area contributed by atoms with E-state index in [1.54, 1.807) is 25.1 Å². The summed E-state index contributed by atoms with van der Waals surface area (Å²) in [6.45, 7) is 1.63. The highest BCUT2D eigenvalue weighted by Crippen LogP contribution is 2.34. The molecule has 1 atom stereocenters. The van der Waals surface area contributed by atoms with Gasteiger partial charge in [0.2, 0.25) is 5.91 Å². The first-order chi connectivity index (χ1) is 15.1. The molecule has 166 valence electrons. The van der Waals surface area contributed by atoms with Crippen LogP contribution in [0, 0.1) is 5.82 Å². The monoisotopic (exact) mass is 446 g/mol. The number of rotatable bonds is 4. The summed E-state index contributed by atoms with van der Waals surface area (Å²) in [6.07, 6.45) is -3.30. The maximum Gasteiger partial charge on any atom is 0.434 e. The normalized spacial score (nSPS) is 14.5. The van der Waals surface area contributed by atoms with Crippen LogP contribution in [-0.2, 0) is 17.4 Å². The summed E-state index contributed by atoms with van der Waals surface area (Å²) in [5, 5.41) is 8.93. The third-order valence-corrected chi connectivity index (χ3v) is 5.24. The van der Waals surface area contributed by atoms with E-state index < -0.39 is 40.9 Å². The van der Waals surface area contributed by atoms with Crippen molar-refractivity contribution in [2.24, 2.45) is 0 Å². The number of amides is 2. The molecule has 2 N–H and O–H groups in total. The highest BCUT2D eigenvalue weighted by molar-refractivity contribution is 5.96. The van der Waals surface area contributed by atoms with Crippen molar-refractivity contribution in [1.29, 1.82) is 0 Å². The van der Waals surface area contributed by atoms with Crippen LogP contribution in [0.15, 0.2) is 48.7 Å². The van der Waals surface area contributed by atoms with Crippen molar-refractivity contribution in [2.45, 2.75) is 32.0 Å². The van der Waals surface area contributed by atoms with Gasteiger partial charge in [-0.25, -0.2) is 9.07 Å². The van der Waals surface area contributed by atoms with Crippen molar-refractivity contribution in [3.63, 3.8) is 0 Å². The molecule has 2 amide bonds. The number of alkyl halides is 3. The summed E-state index contributed by atoms with van der Waals surface area (Å²) < 4.78 is 55.9. The zero-order chi connectivity index (χ0) is 23.0. The van der Waals surface area contributed by atoms with Gasteiger partial charge in [0.05, 0.1) is 17.8 Å². The summed E-state index contributed by atoms with van der Waals surface area (Å²) in [6, 6.07) is 9.43. The quantitative estimate of drug-likeness (QED) is 0.583. The molecule has 10 heteroatoms. The Hall–Kier alpha value is -3.69. The number of nitrogens with zero attached hydrogens (tertiary/aromatic N) is 2. The van der Waals surface area contributed by atoms with Crippen LogP contribution in [0.5, 0.6) is 0 Å². The van der Waals surface area contributed by atoms with Crippen LogP contribution in [0.1, 0.15) is 46.6 Å². The fraction of sp³-hybridized carbons (Fsp3) is 0.227. The number of benzene rings is 2. The number of hydrogen-bond donors (Lipinski definition) is 2. The van der Waals surface area contributed by atoms with E-state index >= 15 is 0 Å². The minimum atomic E-state index is -4.95. The summed E-state index contributed by atoms with van der Waals surface area (Å²) in [7, 11) is 0.